The van der Waals surface area contributed by atoms with Crippen molar-refractivity contribution in [1.29, 1.82) is 0 Å². The van der Waals surface area contributed by atoms with Gasteiger partial charge in [0.2, 0.25) is 0 Å². The van der Waals surface area contributed by atoms with Gasteiger partial charge < -0.3 is 4.74 Å². The van der Waals surface area contributed by atoms with E-state index in [0.29, 0.717) is 18.6 Å². The zero-order valence-corrected chi connectivity index (χ0v) is 10.5. The Balaban J connectivity index is 2.34. The molecule has 0 spiro atoms. The van der Waals surface area contributed by atoms with E-state index in [1.807, 2.05) is 0 Å². The quantitative estimate of drug-likeness (QED) is 0.641. The molecule has 0 aromatic carbocycles. The standard InChI is InChI=1S/C13H20O3/c1-12(2)7-13(3)6-10(14)8(12)5-9(13)11(15)16-4/h8-9H,5-7H2,1-4H3. The zero-order valence-electron chi connectivity index (χ0n) is 10.5. The third-order valence-corrected chi connectivity index (χ3v) is 4.57. The molecular formula is C13H20O3. The minimum absolute atomic E-state index is 0.0363. The highest BCUT2D eigenvalue weighted by Crippen LogP contribution is 2.59. The highest BCUT2D eigenvalue weighted by atomic mass is 16.5. The van der Waals surface area contributed by atoms with Crippen LogP contribution in [0.1, 0.15) is 40.0 Å². The van der Waals surface area contributed by atoms with Gasteiger partial charge in [0.25, 0.3) is 0 Å². The van der Waals surface area contributed by atoms with Crippen molar-refractivity contribution in [2.45, 2.75) is 40.0 Å². The fourth-order valence-electron chi connectivity index (χ4n) is 3.92. The van der Waals surface area contributed by atoms with E-state index in [0.717, 1.165) is 6.42 Å². The molecule has 0 heterocycles. The Bertz CT molecular complexity index is 345. The van der Waals surface area contributed by atoms with Crippen molar-refractivity contribution in [1.82, 2.24) is 0 Å². The lowest BCUT2D eigenvalue weighted by atomic mass is 9.47. The van der Waals surface area contributed by atoms with E-state index in [4.69, 9.17) is 4.74 Å². The maximum atomic E-state index is 12.0. The average molecular weight is 224 g/mol. The van der Waals surface area contributed by atoms with Gasteiger partial charge in [-0.05, 0) is 23.7 Å². The summed E-state index contributed by atoms with van der Waals surface area (Å²) in [4.78, 5) is 23.7. The first kappa shape index (κ1) is 11.6. The van der Waals surface area contributed by atoms with Crippen LogP contribution in [0.5, 0.6) is 0 Å². The summed E-state index contributed by atoms with van der Waals surface area (Å²) in [5, 5.41) is 0. The molecule has 3 rings (SSSR count). The average Bonchev–Trinajstić information content (AvgIpc) is 2.13. The molecule has 0 saturated heterocycles. The van der Waals surface area contributed by atoms with E-state index in [1.165, 1.54) is 7.11 Å². The van der Waals surface area contributed by atoms with Crippen LogP contribution in [0.3, 0.4) is 0 Å². The van der Waals surface area contributed by atoms with Crippen molar-refractivity contribution < 1.29 is 14.3 Å². The molecule has 0 aliphatic heterocycles. The van der Waals surface area contributed by atoms with E-state index < -0.39 is 0 Å². The first-order valence-electron chi connectivity index (χ1n) is 5.91. The highest BCUT2D eigenvalue weighted by Gasteiger charge is 2.58. The second kappa shape index (κ2) is 3.31. The summed E-state index contributed by atoms with van der Waals surface area (Å²) in [6.07, 6.45) is 2.16. The van der Waals surface area contributed by atoms with Gasteiger partial charge in [0.15, 0.2) is 0 Å². The fraction of sp³-hybridized carbons (Fsp3) is 0.846. The van der Waals surface area contributed by atoms with Crippen molar-refractivity contribution in [3.63, 3.8) is 0 Å². The van der Waals surface area contributed by atoms with Crippen molar-refractivity contribution >= 4 is 11.8 Å². The molecule has 3 saturated carbocycles. The van der Waals surface area contributed by atoms with Gasteiger partial charge in [0.1, 0.15) is 5.78 Å². The van der Waals surface area contributed by atoms with Crippen LogP contribution in [-0.4, -0.2) is 18.9 Å². The number of fused-ring (bicyclic) bond motifs is 3. The Labute approximate surface area is 96.5 Å². The van der Waals surface area contributed by atoms with Gasteiger partial charge in [-0.3, -0.25) is 9.59 Å². The number of hydrogen-bond donors (Lipinski definition) is 0. The number of ether oxygens (including phenoxy) is 1. The van der Waals surface area contributed by atoms with E-state index in [2.05, 4.69) is 20.8 Å². The maximum Gasteiger partial charge on any atom is 0.309 e. The second-order valence-electron chi connectivity index (χ2n) is 6.33. The van der Waals surface area contributed by atoms with Crippen LogP contribution in [-0.2, 0) is 14.3 Å². The molecule has 3 nitrogen and oxygen atoms in total. The summed E-state index contributed by atoms with van der Waals surface area (Å²) < 4.78 is 4.86. The fourth-order valence-corrected chi connectivity index (χ4v) is 3.92. The van der Waals surface area contributed by atoms with Crippen molar-refractivity contribution in [2.75, 3.05) is 7.11 Å². The molecule has 3 atom stereocenters. The minimum Gasteiger partial charge on any atom is -0.469 e. The van der Waals surface area contributed by atoms with Crippen LogP contribution in [0.25, 0.3) is 0 Å². The molecular weight excluding hydrogens is 204 g/mol. The normalized spacial score (nSPS) is 40.9. The second-order valence-corrected chi connectivity index (χ2v) is 6.33. The zero-order chi connectivity index (χ0) is 12.1. The van der Waals surface area contributed by atoms with Crippen LogP contribution in [0, 0.1) is 22.7 Å². The third kappa shape index (κ3) is 1.48. The molecule has 0 aromatic heterocycles. The van der Waals surface area contributed by atoms with Crippen LogP contribution < -0.4 is 0 Å². The topological polar surface area (TPSA) is 43.4 Å². The monoisotopic (exact) mass is 224 g/mol. The van der Waals surface area contributed by atoms with Gasteiger partial charge in [0, 0.05) is 12.3 Å². The van der Waals surface area contributed by atoms with E-state index in [-0.39, 0.29) is 28.6 Å². The van der Waals surface area contributed by atoms with E-state index in [9.17, 15) is 9.59 Å². The SMILES string of the molecule is COC(=O)C1CC2C(=O)CC1(C)CC2(C)C. The first-order chi connectivity index (χ1) is 7.30. The van der Waals surface area contributed by atoms with Crippen LogP contribution in [0.2, 0.25) is 0 Å². The summed E-state index contributed by atoms with van der Waals surface area (Å²) >= 11 is 0. The molecule has 16 heavy (non-hydrogen) atoms. The van der Waals surface area contributed by atoms with Crippen molar-refractivity contribution in [2.24, 2.45) is 22.7 Å². The molecule has 3 heteroatoms. The number of esters is 1. The smallest absolute Gasteiger partial charge is 0.309 e. The van der Waals surface area contributed by atoms with Gasteiger partial charge in [-0.15, -0.1) is 0 Å². The largest absolute Gasteiger partial charge is 0.469 e. The van der Waals surface area contributed by atoms with Crippen molar-refractivity contribution in [3.05, 3.63) is 0 Å². The Morgan fingerprint density at radius 3 is 2.44 bits per heavy atom. The number of ketones is 1. The van der Waals surface area contributed by atoms with Crippen LogP contribution in [0.4, 0.5) is 0 Å². The number of rotatable bonds is 1. The summed E-state index contributed by atoms with van der Waals surface area (Å²) in [6, 6.07) is 0. The lowest BCUT2D eigenvalue weighted by Gasteiger charge is -2.55. The number of Topliss-reactive ketones (excluding diaryl/α,β-unsaturated/α-hetero) is 1. The number of hydrogen-bond acceptors (Lipinski definition) is 3. The summed E-state index contributed by atoms with van der Waals surface area (Å²) in [7, 11) is 1.43. The molecule has 3 aliphatic rings. The first-order valence-corrected chi connectivity index (χ1v) is 5.91. The Morgan fingerprint density at radius 2 is 2.00 bits per heavy atom. The molecule has 0 amide bonds. The van der Waals surface area contributed by atoms with Crippen molar-refractivity contribution in [3.8, 4) is 0 Å². The predicted molar refractivity (Wildman–Crippen MR) is 59.7 cm³/mol. The summed E-state index contributed by atoms with van der Waals surface area (Å²) in [5.74, 6) is 0.140. The molecule has 90 valence electrons. The van der Waals surface area contributed by atoms with Gasteiger partial charge in [-0.2, -0.15) is 0 Å². The molecule has 3 aliphatic carbocycles. The molecule has 3 unspecified atom stereocenters. The van der Waals surface area contributed by atoms with E-state index >= 15 is 0 Å². The number of carbonyl (C=O) groups is 2. The third-order valence-electron chi connectivity index (χ3n) is 4.57. The predicted octanol–water partition coefficient (Wildman–Crippen LogP) is 2.19. The Morgan fingerprint density at radius 1 is 1.38 bits per heavy atom. The van der Waals surface area contributed by atoms with Gasteiger partial charge in [-0.1, -0.05) is 20.8 Å². The molecule has 3 fully saturated rings. The minimum atomic E-state index is -0.192. The summed E-state index contributed by atoms with van der Waals surface area (Å²) in [6.45, 7) is 6.34. The molecule has 2 bridgehead atoms. The van der Waals surface area contributed by atoms with Crippen LogP contribution in [0.15, 0.2) is 0 Å². The lowest BCUT2D eigenvalue weighted by molar-refractivity contribution is -0.169. The number of methoxy groups -OCH3 is 1. The molecule has 0 aromatic rings. The molecule has 0 radical (unpaired) electrons. The number of carbonyl (C=O) groups excluding carboxylic acids is 2. The van der Waals surface area contributed by atoms with Crippen LogP contribution >= 0.6 is 0 Å². The van der Waals surface area contributed by atoms with Gasteiger partial charge in [0.05, 0.1) is 13.0 Å². The van der Waals surface area contributed by atoms with Gasteiger partial charge >= 0.3 is 5.97 Å². The van der Waals surface area contributed by atoms with E-state index in [1.54, 1.807) is 0 Å². The van der Waals surface area contributed by atoms with Gasteiger partial charge in [-0.25, -0.2) is 0 Å². The Kier molecular flexibility index (Phi) is 2.41. The maximum absolute atomic E-state index is 12.0. The Hall–Kier alpha value is -0.860. The highest BCUT2D eigenvalue weighted by molar-refractivity contribution is 5.87. The lowest BCUT2D eigenvalue weighted by Crippen LogP contribution is -2.55. The molecule has 0 N–H and O–H groups in total. The summed E-state index contributed by atoms with van der Waals surface area (Å²) in [5.41, 5.74) is -0.156.